The number of aryl methyl sites for hydroxylation is 1. The fourth-order valence-corrected chi connectivity index (χ4v) is 4.19. The van der Waals surface area contributed by atoms with Crippen LogP contribution in [0.5, 0.6) is 5.75 Å². The topological polar surface area (TPSA) is 80.7 Å². The van der Waals surface area contributed by atoms with E-state index in [1.807, 2.05) is 60.8 Å². The summed E-state index contributed by atoms with van der Waals surface area (Å²) in [5, 5.41) is 4.41. The van der Waals surface area contributed by atoms with Crippen LogP contribution in [0.2, 0.25) is 0 Å². The molecule has 0 unspecified atom stereocenters. The molecule has 4 aromatic rings. The van der Waals surface area contributed by atoms with Gasteiger partial charge in [-0.2, -0.15) is 0 Å². The van der Waals surface area contributed by atoms with Crippen LogP contribution in [0.3, 0.4) is 0 Å². The van der Waals surface area contributed by atoms with Crippen molar-refractivity contribution in [3.8, 4) is 17.0 Å². The normalized spacial score (nSPS) is 16.3. The van der Waals surface area contributed by atoms with Crippen molar-refractivity contribution < 1.29 is 9.47 Å². The van der Waals surface area contributed by atoms with E-state index >= 15 is 0 Å². The van der Waals surface area contributed by atoms with E-state index in [0.717, 1.165) is 53.1 Å². The Bertz CT molecular complexity index is 1300. The molecule has 2 N–H and O–H groups in total. The van der Waals surface area contributed by atoms with Gasteiger partial charge in [-0.3, -0.25) is 9.20 Å². The van der Waals surface area contributed by atoms with E-state index in [4.69, 9.17) is 14.5 Å². The number of hydrogen-bond acceptors (Lipinski definition) is 5. The summed E-state index contributed by atoms with van der Waals surface area (Å²) >= 11 is 0. The third kappa shape index (κ3) is 3.65. The van der Waals surface area contributed by atoms with Gasteiger partial charge in [0.2, 0.25) is 0 Å². The Morgan fingerprint density at radius 1 is 1.32 bits per heavy atom. The standard InChI is InChI=1S/C24H26N4O3/c1-3-30-17-8-9-20-16(12-17)13-19(24(29)26-20)21-23(25-14-18-7-5-11-31-18)28-10-4-6-15(2)22(28)27-21/h4,6,8-10,12-13,18,25H,3,5,7,11,14H2,1-2H3,(H,26,29)/t18-/m1/s1. The third-order valence-electron chi connectivity index (χ3n) is 5.75. The molecule has 1 saturated heterocycles. The first-order chi connectivity index (χ1) is 15.1. The number of imidazole rings is 1. The van der Waals surface area contributed by atoms with Gasteiger partial charge >= 0.3 is 0 Å². The van der Waals surface area contributed by atoms with Gasteiger partial charge in [-0.25, -0.2) is 4.98 Å². The number of fused-ring (bicyclic) bond motifs is 2. The SMILES string of the molecule is CCOc1ccc2[nH]c(=O)c(-c3nc4c(C)cccn4c3NC[C@H]3CCCO3)cc2c1. The Kier molecular flexibility index (Phi) is 5.11. The maximum absolute atomic E-state index is 13.0. The average molecular weight is 418 g/mol. The Morgan fingerprint density at radius 3 is 3.03 bits per heavy atom. The molecule has 3 aromatic heterocycles. The molecule has 5 rings (SSSR count). The van der Waals surface area contributed by atoms with Crippen molar-refractivity contribution in [3.05, 3.63) is 58.5 Å². The van der Waals surface area contributed by atoms with Crippen molar-refractivity contribution in [2.24, 2.45) is 0 Å². The summed E-state index contributed by atoms with van der Waals surface area (Å²) in [6, 6.07) is 11.6. The Balaban J connectivity index is 1.65. The number of H-pyrrole nitrogens is 1. The lowest BCUT2D eigenvalue weighted by Gasteiger charge is -2.13. The molecule has 31 heavy (non-hydrogen) atoms. The molecule has 1 aliphatic rings. The maximum atomic E-state index is 13.0. The van der Waals surface area contributed by atoms with E-state index in [2.05, 4.69) is 10.3 Å². The number of anilines is 1. The van der Waals surface area contributed by atoms with Crippen molar-refractivity contribution in [1.82, 2.24) is 14.4 Å². The number of ether oxygens (including phenoxy) is 2. The van der Waals surface area contributed by atoms with Gasteiger partial charge in [0.15, 0.2) is 0 Å². The number of aromatic nitrogens is 3. The first-order valence-corrected chi connectivity index (χ1v) is 10.8. The first kappa shape index (κ1) is 19.6. The third-order valence-corrected chi connectivity index (χ3v) is 5.75. The largest absolute Gasteiger partial charge is 0.494 e. The maximum Gasteiger partial charge on any atom is 0.258 e. The van der Waals surface area contributed by atoms with Crippen molar-refractivity contribution in [2.45, 2.75) is 32.8 Å². The van der Waals surface area contributed by atoms with Crippen molar-refractivity contribution >= 4 is 22.4 Å². The first-order valence-electron chi connectivity index (χ1n) is 10.8. The smallest absolute Gasteiger partial charge is 0.258 e. The van der Waals surface area contributed by atoms with Gasteiger partial charge in [-0.1, -0.05) is 6.07 Å². The minimum atomic E-state index is -0.169. The number of nitrogens with one attached hydrogen (secondary N) is 2. The molecule has 160 valence electrons. The monoisotopic (exact) mass is 418 g/mol. The molecule has 0 radical (unpaired) electrons. The van der Waals surface area contributed by atoms with E-state index in [-0.39, 0.29) is 11.7 Å². The summed E-state index contributed by atoms with van der Waals surface area (Å²) in [6.07, 6.45) is 4.26. The van der Waals surface area contributed by atoms with E-state index in [1.165, 1.54) is 0 Å². The lowest BCUT2D eigenvalue weighted by atomic mass is 10.1. The van der Waals surface area contributed by atoms with Gasteiger partial charge in [-0.15, -0.1) is 0 Å². The second kappa shape index (κ2) is 8.07. The Hall–Kier alpha value is -3.32. The van der Waals surface area contributed by atoms with Crippen LogP contribution in [-0.2, 0) is 4.74 Å². The van der Waals surface area contributed by atoms with Crippen molar-refractivity contribution in [2.75, 3.05) is 25.1 Å². The number of nitrogens with zero attached hydrogens (tertiary/aromatic N) is 2. The van der Waals surface area contributed by atoms with Gasteiger partial charge in [0.25, 0.3) is 5.56 Å². The molecule has 4 heterocycles. The molecule has 1 fully saturated rings. The van der Waals surface area contributed by atoms with Crippen LogP contribution in [0.4, 0.5) is 5.82 Å². The van der Waals surface area contributed by atoms with Gasteiger partial charge < -0.3 is 19.8 Å². The highest BCUT2D eigenvalue weighted by Crippen LogP contribution is 2.30. The number of hydrogen-bond donors (Lipinski definition) is 2. The summed E-state index contributed by atoms with van der Waals surface area (Å²) in [5.74, 6) is 1.58. The molecule has 0 saturated carbocycles. The molecular weight excluding hydrogens is 392 g/mol. The van der Waals surface area contributed by atoms with E-state index in [0.29, 0.717) is 24.4 Å². The van der Waals surface area contributed by atoms with Crippen molar-refractivity contribution in [1.29, 1.82) is 0 Å². The fraction of sp³-hybridized carbons (Fsp3) is 0.333. The molecule has 7 heteroatoms. The summed E-state index contributed by atoms with van der Waals surface area (Å²) in [7, 11) is 0. The predicted octanol–water partition coefficient (Wildman–Crippen LogP) is 4.14. The average Bonchev–Trinajstić information content (AvgIpc) is 3.41. The molecule has 0 amide bonds. The highest BCUT2D eigenvalue weighted by atomic mass is 16.5. The second-order valence-electron chi connectivity index (χ2n) is 7.90. The molecule has 1 aromatic carbocycles. The number of rotatable bonds is 6. The molecule has 1 atom stereocenters. The molecule has 0 spiro atoms. The van der Waals surface area contributed by atoms with Gasteiger partial charge in [0, 0.05) is 30.3 Å². The summed E-state index contributed by atoms with van der Waals surface area (Å²) < 4.78 is 13.4. The quantitative estimate of drug-likeness (QED) is 0.492. The Morgan fingerprint density at radius 2 is 2.23 bits per heavy atom. The molecule has 0 aliphatic carbocycles. The van der Waals surface area contributed by atoms with Crippen LogP contribution >= 0.6 is 0 Å². The number of benzene rings is 1. The van der Waals surface area contributed by atoms with Crippen LogP contribution in [0.15, 0.2) is 47.4 Å². The lowest BCUT2D eigenvalue weighted by molar-refractivity contribution is 0.120. The van der Waals surface area contributed by atoms with Gasteiger partial charge in [-0.05, 0) is 62.6 Å². The van der Waals surface area contributed by atoms with Crippen LogP contribution in [0, 0.1) is 6.92 Å². The highest BCUT2D eigenvalue weighted by molar-refractivity contribution is 5.87. The minimum absolute atomic E-state index is 0.169. The zero-order valence-corrected chi connectivity index (χ0v) is 17.8. The number of pyridine rings is 2. The summed E-state index contributed by atoms with van der Waals surface area (Å²) in [4.78, 5) is 20.9. The Labute approximate surface area is 180 Å². The molecule has 1 aliphatic heterocycles. The van der Waals surface area contributed by atoms with Crippen LogP contribution in [0.25, 0.3) is 27.8 Å². The molecule has 0 bridgehead atoms. The van der Waals surface area contributed by atoms with Gasteiger partial charge in [0.05, 0.1) is 18.3 Å². The fourth-order valence-electron chi connectivity index (χ4n) is 4.19. The zero-order chi connectivity index (χ0) is 21.4. The molecular formula is C24H26N4O3. The predicted molar refractivity (Wildman–Crippen MR) is 122 cm³/mol. The second-order valence-corrected chi connectivity index (χ2v) is 7.90. The highest BCUT2D eigenvalue weighted by Gasteiger charge is 2.21. The van der Waals surface area contributed by atoms with Crippen molar-refractivity contribution in [3.63, 3.8) is 0 Å². The lowest BCUT2D eigenvalue weighted by Crippen LogP contribution is -2.20. The van der Waals surface area contributed by atoms with E-state index in [1.54, 1.807) is 0 Å². The van der Waals surface area contributed by atoms with Gasteiger partial charge in [0.1, 0.15) is 22.9 Å². The number of aromatic amines is 1. The summed E-state index contributed by atoms with van der Waals surface area (Å²) in [5.41, 5.74) is 3.64. The van der Waals surface area contributed by atoms with Crippen LogP contribution in [0.1, 0.15) is 25.3 Å². The van der Waals surface area contributed by atoms with E-state index in [9.17, 15) is 4.79 Å². The van der Waals surface area contributed by atoms with E-state index < -0.39 is 0 Å². The summed E-state index contributed by atoms with van der Waals surface area (Å²) in [6.45, 7) is 6.04. The minimum Gasteiger partial charge on any atom is -0.494 e. The van der Waals surface area contributed by atoms with Crippen LogP contribution in [-0.4, -0.2) is 40.2 Å². The zero-order valence-electron chi connectivity index (χ0n) is 17.8. The van der Waals surface area contributed by atoms with Crippen LogP contribution < -0.4 is 15.6 Å². The molecule has 7 nitrogen and oxygen atoms in total.